The third-order valence-corrected chi connectivity index (χ3v) is 6.02. The van der Waals surface area contributed by atoms with Gasteiger partial charge in [-0.2, -0.15) is 0 Å². The molecular weight excluding hydrogens is 412 g/mol. The van der Waals surface area contributed by atoms with Crippen molar-refractivity contribution in [3.63, 3.8) is 0 Å². The van der Waals surface area contributed by atoms with Gasteiger partial charge in [-0.15, -0.1) is 10.2 Å². The van der Waals surface area contributed by atoms with Gasteiger partial charge in [0.1, 0.15) is 6.61 Å². The number of aromatic nitrogens is 2. The molecular formula is C24H26N2O4S. The molecule has 0 saturated heterocycles. The summed E-state index contributed by atoms with van der Waals surface area (Å²) < 4.78 is 17.3. The maximum absolute atomic E-state index is 12.9. The van der Waals surface area contributed by atoms with Gasteiger partial charge in [-0.25, -0.2) is 0 Å². The molecule has 7 heteroatoms. The van der Waals surface area contributed by atoms with Gasteiger partial charge < -0.3 is 13.9 Å². The van der Waals surface area contributed by atoms with E-state index in [1.807, 2.05) is 36.4 Å². The van der Waals surface area contributed by atoms with Crippen molar-refractivity contribution >= 4 is 17.5 Å². The third kappa shape index (κ3) is 4.77. The van der Waals surface area contributed by atoms with Gasteiger partial charge in [0, 0.05) is 5.56 Å². The van der Waals surface area contributed by atoms with Crippen LogP contribution in [0.2, 0.25) is 0 Å². The van der Waals surface area contributed by atoms with E-state index in [4.69, 9.17) is 13.9 Å². The Hall–Kier alpha value is -2.80. The number of para-hydroxylation sites is 2. The third-order valence-electron chi connectivity index (χ3n) is 5.20. The van der Waals surface area contributed by atoms with E-state index in [1.165, 1.54) is 17.3 Å². The number of thioether (sulfide) groups is 1. The Morgan fingerprint density at radius 1 is 1.06 bits per heavy atom. The van der Waals surface area contributed by atoms with Crippen molar-refractivity contribution < 1.29 is 18.7 Å². The number of ketones is 1. The zero-order chi connectivity index (χ0) is 22.0. The smallest absolute Gasteiger partial charge is 0.277 e. The molecule has 1 unspecified atom stereocenters. The first-order valence-electron chi connectivity index (χ1n) is 10.4. The van der Waals surface area contributed by atoms with Crippen molar-refractivity contribution in [2.45, 2.75) is 50.9 Å². The molecule has 2 aromatic carbocycles. The minimum atomic E-state index is -0.469. The lowest BCUT2D eigenvalue weighted by atomic mass is 9.90. The number of carbonyl (C=O) groups is 1. The number of hydrogen-bond acceptors (Lipinski definition) is 7. The largest absolute Gasteiger partial charge is 0.485 e. The van der Waals surface area contributed by atoms with Gasteiger partial charge >= 0.3 is 0 Å². The van der Waals surface area contributed by atoms with E-state index < -0.39 is 6.10 Å². The topological polar surface area (TPSA) is 74.5 Å². The Bertz CT molecular complexity index is 1080. The van der Waals surface area contributed by atoms with Gasteiger partial charge in [-0.1, -0.05) is 69.8 Å². The average molecular weight is 439 g/mol. The SMILES string of the molecule is CC(C)c1ccc(C(=O)CSc2nnc(C3COc4ccccc4O3)o2)c(C(C)C)c1. The van der Waals surface area contributed by atoms with Crippen LogP contribution in [0, 0.1) is 0 Å². The molecule has 31 heavy (non-hydrogen) atoms. The number of fused-ring (bicyclic) bond motifs is 1. The van der Waals surface area contributed by atoms with E-state index in [0.717, 1.165) is 11.1 Å². The zero-order valence-corrected chi connectivity index (χ0v) is 18.9. The van der Waals surface area contributed by atoms with Gasteiger partial charge in [-0.05, 0) is 35.1 Å². The number of benzene rings is 2. The van der Waals surface area contributed by atoms with Crippen molar-refractivity contribution in [1.82, 2.24) is 10.2 Å². The summed E-state index contributed by atoms with van der Waals surface area (Å²) in [7, 11) is 0. The van der Waals surface area contributed by atoms with Crippen LogP contribution in [-0.2, 0) is 0 Å². The molecule has 0 spiro atoms. The molecule has 1 aromatic heterocycles. The van der Waals surface area contributed by atoms with E-state index in [-0.39, 0.29) is 17.5 Å². The van der Waals surface area contributed by atoms with Gasteiger partial charge in [0.2, 0.25) is 6.10 Å². The van der Waals surface area contributed by atoms with Crippen molar-refractivity contribution in [3.05, 3.63) is 65.0 Å². The molecule has 0 aliphatic carbocycles. The summed E-state index contributed by atoms with van der Waals surface area (Å²) in [6.45, 7) is 8.82. The Morgan fingerprint density at radius 2 is 1.84 bits per heavy atom. The van der Waals surface area contributed by atoms with Crippen LogP contribution in [-0.4, -0.2) is 28.3 Å². The highest BCUT2D eigenvalue weighted by atomic mass is 32.2. The van der Waals surface area contributed by atoms with Crippen LogP contribution in [0.25, 0.3) is 0 Å². The Balaban J connectivity index is 1.42. The summed E-state index contributed by atoms with van der Waals surface area (Å²) in [5.74, 6) is 2.65. The second kappa shape index (κ2) is 9.14. The van der Waals surface area contributed by atoms with E-state index in [1.54, 1.807) is 0 Å². The highest BCUT2D eigenvalue weighted by Crippen LogP contribution is 2.36. The van der Waals surface area contributed by atoms with Crippen molar-refractivity contribution in [1.29, 1.82) is 0 Å². The molecule has 0 N–H and O–H groups in total. The monoisotopic (exact) mass is 438 g/mol. The van der Waals surface area contributed by atoms with Gasteiger partial charge in [-0.3, -0.25) is 4.79 Å². The minimum absolute atomic E-state index is 0.0509. The molecule has 162 valence electrons. The Labute approximate surface area is 186 Å². The summed E-state index contributed by atoms with van der Waals surface area (Å²) in [6.07, 6.45) is -0.469. The van der Waals surface area contributed by atoms with Crippen molar-refractivity contribution in [2.75, 3.05) is 12.4 Å². The Kier molecular flexibility index (Phi) is 6.32. The average Bonchev–Trinajstić information content (AvgIpc) is 3.25. The minimum Gasteiger partial charge on any atom is -0.485 e. The lowest BCUT2D eigenvalue weighted by molar-refractivity contribution is 0.0686. The molecule has 1 aliphatic rings. The molecule has 1 atom stereocenters. The maximum atomic E-state index is 12.9. The summed E-state index contributed by atoms with van der Waals surface area (Å²) in [5.41, 5.74) is 3.08. The van der Waals surface area contributed by atoms with Crippen LogP contribution in [0.5, 0.6) is 11.5 Å². The molecule has 6 nitrogen and oxygen atoms in total. The predicted octanol–water partition coefficient (Wildman–Crippen LogP) is 5.80. The van der Waals surface area contributed by atoms with Gasteiger partial charge in [0.05, 0.1) is 5.75 Å². The molecule has 1 aliphatic heterocycles. The molecule has 4 rings (SSSR count). The van der Waals surface area contributed by atoms with E-state index >= 15 is 0 Å². The second-order valence-electron chi connectivity index (χ2n) is 8.14. The van der Waals surface area contributed by atoms with Crippen LogP contribution in [0.3, 0.4) is 0 Å². The first kappa shape index (κ1) is 21.4. The van der Waals surface area contributed by atoms with Gasteiger partial charge in [0.25, 0.3) is 11.1 Å². The molecule has 0 fully saturated rings. The molecule has 3 aromatic rings. The fourth-order valence-electron chi connectivity index (χ4n) is 3.43. The molecule has 0 bridgehead atoms. The van der Waals surface area contributed by atoms with Gasteiger partial charge in [0.15, 0.2) is 17.3 Å². The summed E-state index contributed by atoms with van der Waals surface area (Å²) in [6, 6.07) is 13.6. The first-order valence-corrected chi connectivity index (χ1v) is 11.4. The molecule has 0 radical (unpaired) electrons. The predicted molar refractivity (Wildman–Crippen MR) is 119 cm³/mol. The van der Waals surface area contributed by atoms with Crippen molar-refractivity contribution in [2.24, 2.45) is 0 Å². The fourth-order valence-corrected chi connectivity index (χ4v) is 4.08. The molecule has 2 heterocycles. The van der Waals surface area contributed by atoms with Crippen LogP contribution in [0.15, 0.2) is 52.1 Å². The number of nitrogens with zero attached hydrogens (tertiary/aromatic N) is 2. The summed E-state index contributed by atoms with van der Waals surface area (Å²) in [5, 5.41) is 8.50. The Morgan fingerprint density at radius 3 is 2.58 bits per heavy atom. The first-order chi connectivity index (χ1) is 14.9. The van der Waals surface area contributed by atoms with Crippen LogP contribution in [0.1, 0.15) is 73.0 Å². The number of rotatable bonds is 7. The van der Waals surface area contributed by atoms with E-state index in [2.05, 4.69) is 44.0 Å². The van der Waals surface area contributed by atoms with Crippen LogP contribution in [0.4, 0.5) is 0 Å². The highest BCUT2D eigenvalue weighted by Gasteiger charge is 2.27. The zero-order valence-electron chi connectivity index (χ0n) is 18.1. The standard InChI is InChI=1S/C24H26N2O4S/c1-14(2)16-9-10-17(18(11-16)15(3)4)19(27)13-31-24-26-25-23(30-24)22-12-28-20-7-5-6-8-21(20)29-22/h5-11,14-15,22H,12-13H2,1-4H3. The highest BCUT2D eigenvalue weighted by molar-refractivity contribution is 7.99. The number of Topliss-reactive ketones (excluding diaryl/α,β-unsaturated/α-hetero) is 1. The number of carbonyl (C=O) groups excluding carboxylic acids is 1. The quantitative estimate of drug-likeness (QED) is 0.341. The van der Waals surface area contributed by atoms with Crippen LogP contribution >= 0.6 is 11.8 Å². The summed E-state index contributed by atoms with van der Waals surface area (Å²) in [4.78, 5) is 12.9. The fraction of sp³-hybridized carbons (Fsp3) is 0.375. The second-order valence-corrected chi connectivity index (χ2v) is 9.06. The van der Waals surface area contributed by atoms with E-state index in [0.29, 0.717) is 35.1 Å². The molecule has 0 amide bonds. The van der Waals surface area contributed by atoms with E-state index in [9.17, 15) is 4.79 Å². The lowest BCUT2D eigenvalue weighted by Gasteiger charge is -2.23. The molecule has 0 saturated carbocycles. The maximum Gasteiger partial charge on any atom is 0.277 e. The summed E-state index contributed by atoms with van der Waals surface area (Å²) >= 11 is 1.24. The normalized spacial score (nSPS) is 15.5. The number of ether oxygens (including phenoxy) is 2. The van der Waals surface area contributed by atoms with Crippen molar-refractivity contribution in [3.8, 4) is 11.5 Å². The number of hydrogen-bond donors (Lipinski definition) is 0. The van der Waals surface area contributed by atoms with Crippen LogP contribution < -0.4 is 9.47 Å². The lowest BCUT2D eigenvalue weighted by Crippen LogP contribution is -2.21.